The number of ether oxygens (including phenoxy) is 1. The van der Waals surface area contributed by atoms with Crippen LogP contribution in [0.25, 0.3) is 11.2 Å². The number of aromatic nitrogens is 3. The molecule has 0 spiro atoms. The van der Waals surface area contributed by atoms with Crippen molar-refractivity contribution in [1.82, 2.24) is 25.2 Å². The van der Waals surface area contributed by atoms with E-state index in [-0.39, 0.29) is 6.04 Å². The van der Waals surface area contributed by atoms with Gasteiger partial charge in [0.2, 0.25) is 5.88 Å². The second-order valence-electron chi connectivity index (χ2n) is 5.04. The summed E-state index contributed by atoms with van der Waals surface area (Å²) in [5, 5.41) is 3.37. The average molecular weight is 275 g/mol. The van der Waals surface area contributed by atoms with Gasteiger partial charge in [-0.05, 0) is 19.9 Å². The van der Waals surface area contributed by atoms with Gasteiger partial charge in [0.25, 0.3) is 0 Å². The number of rotatable bonds is 4. The van der Waals surface area contributed by atoms with Gasteiger partial charge in [-0.1, -0.05) is 0 Å². The van der Waals surface area contributed by atoms with Crippen molar-refractivity contribution in [2.24, 2.45) is 0 Å². The molecule has 0 bridgehead atoms. The summed E-state index contributed by atoms with van der Waals surface area (Å²) < 4.78 is 5.42. The molecular formula is C14H21N5O. The summed E-state index contributed by atoms with van der Waals surface area (Å²) >= 11 is 0. The number of aromatic amines is 1. The first-order valence-electron chi connectivity index (χ1n) is 7.22. The Hall–Kier alpha value is -1.66. The molecule has 1 aliphatic heterocycles. The predicted octanol–water partition coefficient (Wildman–Crippen LogP) is 1.32. The first kappa shape index (κ1) is 13.3. The first-order chi connectivity index (χ1) is 9.78. The van der Waals surface area contributed by atoms with Gasteiger partial charge in [-0.15, -0.1) is 0 Å². The topological polar surface area (TPSA) is 66.1 Å². The fraction of sp³-hybridized carbons (Fsp3) is 0.571. The molecule has 1 fully saturated rings. The van der Waals surface area contributed by atoms with Crippen molar-refractivity contribution in [1.29, 1.82) is 0 Å². The minimum atomic E-state index is 0.279. The molecule has 0 radical (unpaired) electrons. The predicted molar refractivity (Wildman–Crippen MR) is 77.9 cm³/mol. The number of piperazine rings is 1. The van der Waals surface area contributed by atoms with Gasteiger partial charge >= 0.3 is 0 Å². The Bertz CT molecular complexity index is 576. The van der Waals surface area contributed by atoms with E-state index in [1.165, 1.54) is 0 Å². The van der Waals surface area contributed by atoms with Gasteiger partial charge < -0.3 is 15.0 Å². The van der Waals surface area contributed by atoms with Crippen LogP contribution in [0.4, 0.5) is 0 Å². The molecule has 0 saturated carbocycles. The quantitative estimate of drug-likeness (QED) is 0.881. The van der Waals surface area contributed by atoms with Crippen LogP contribution in [-0.2, 0) is 0 Å². The summed E-state index contributed by atoms with van der Waals surface area (Å²) in [6.45, 7) is 8.94. The molecular weight excluding hydrogens is 254 g/mol. The summed E-state index contributed by atoms with van der Waals surface area (Å²) in [7, 11) is 0. The van der Waals surface area contributed by atoms with Crippen LogP contribution in [0.1, 0.15) is 25.7 Å². The minimum Gasteiger partial charge on any atom is -0.478 e. The zero-order valence-corrected chi connectivity index (χ0v) is 12.0. The van der Waals surface area contributed by atoms with Crippen LogP contribution in [0.2, 0.25) is 0 Å². The molecule has 20 heavy (non-hydrogen) atoms. The molecule has 2 aromatic heterocycles. The van der Waals surface area contributed by atoms with E-state index < -0.39 is 0 Å². The van der Waals surface area contributed by atoms with Crippen molar-refractivity contribution < 1.29 is 4.74 Å². The molecule has 108 valence electrons. The number of hydrogen-bond donors (Lipinski definition) is 2. The SMILES string of the molecule is CCOc1ccc2[nH]c(C(C)N3CCNCC3)nc2n1. The van der Waals surface area contributed by atoms with E-state index >= 15 is 0 Å². The third-order valence-electron chi connectivity index (χ3n) is 3.73. The Morgan fingerprint density at radius 1 is 1.30 bits per heavy atom. The summed E-state index contributed by atoms with van der Waals surface area (Å²) in [5.41, 5.74) is 1.69. The number of hydrogen-bond acceptors (Lipinski definition) is 5. The maximum atomic E-state index is 5.42. The normalized spacial score (nSPS) is 18.3. The van der Waals surface area contributed by atoms with Gasteiger partial charge in [-0.2, -0.15) is 4.98 Å². The Balaban J connectivity index is 1.84. The zero-order valence-electron chi connectivity index (χ0n) is 12.0. The van der Waals surface area contributed by atoms with E-state index in [0.29, 0.717) is 12.5 Å². The van der Waals surface area contributed by atoms with Gasteiger partial charge in [0.15, 0.2) is 5.65 Å². The van der Waals surface area contributed by atoms with Gasteiger partial charge in [-0.25, -0.2) is 4.98 Å². The molecule has 6 nitrogen and oxygen atoms in total. The lowest BCUT2D eigenvalue weighted by Crippen LogP contribution is -2.44. The average Bonchev–Trinajstić information content (AvgIpc) is 2.91. The highest BCUT2D eigenvalue weighted by Crippen LogP contribution is 2.21. The standard InChI is InChI=1S/C14H21N5O/c1-3-20-12-5-4-11-14(17-12)18-13(16-11)10(2)19-8-6-15-7-9-19/h4-5,10,15H,3,6-9H2,1-2H3,(H,16,17,18). The number of nitrogens with one attached hydrogen (secondary N) is 2. The van der Waals surface area contributed by atoms with Crippen molar-refractivity contribution in [3.63, 3.8) is 0 Å². The van der Waals surface area contributed by atoms with Crippen molar-refractivity contribution in [2.75, 3.05) is 32.8 Å². The van der Waals surface area contributed by atoms with Crippen molar-refractivity contribution in [3.05, 3.63) is 18.0 Å². The molecule has 1 unspecified atom stereocenters. The first-order valence-corrected chi connectivity index (χ1v) is 7.22. The molecule has 1 saturated heterocycles. The van der Waals surface area contributed by atoms with Crippen molar-refractivity contribution in [3.8, 4) is 5.88 Å². The van der Waals surface area contributed by atoms with Crippen LogP contribution in [0.3, 0.4) is 0 Å². The Morgan fingerprint density at radius 3 is 2.85 bits per heavy atom. The van der Waals surface area contributed by atoms with Crippen LogP contribution >= 0.6 is 0 Å². The van der Waals surface area contributed by atoms with Gasteiger partial charge in [0.05, 0.1) is 18.2 Å². The molecule has 3 rings (SSSR count). The summed E-state index contributed by atoms with van der Waals surface area (Å²) in [6.07, 6.45) is 0. The summed E-state index contributed by atoms with van der Waals surface area (Å²) in [6, 6.07) is 4.14. The lowest BCUT2D eigenvalue weighted by atomic mass is 10.2. The molecule has 6 heteroatoms. The molecule has 1 aliphatic rings. The van der Waals surface area contributed by atoms with E-state index in [4.69, 9.17) is 4.74 Å². The minimum absolute atomic E-state index is 0.279. The van der Waals surface area contributed by atoms with Crippen molar-refractivity contribution in [2.45, 2.75) is 19.9 Å². The maximum absolute atomic E-state index is 5.42. The van der Waals surface area contributed by atoms with E-state index in [1.807, 2.05) is 19.1 Å². The number of imidazole rings is 1. The van der Waals surface area contributed by atoms with Crippen LogP contribution in [0.15, 0.2) is 12.1 Å². The molecule has 0 aliphatic carbocycles. The number of nitrogens with zero attached hydrogens (tertiary/aromatic N) is 3. The van der Waals surface area contributed by atoms with Crippen molar-refractivity contribution >= 4 is 11.2 Å². The largest absolute Gasteiger partial charge is 0.478 e. The Kier molecular flexibility index (Phi) is 3.84. The van der Waals surface area contributed by atoms with Crippen LogP contribution < -0.4 is 10.1 Å². The van der Waals surface area contributed by atoms with Gasteiger partial charge in [0.1, 0.15) is 5.82 Å². The molecule has 0 aromatic carbocycles. The molecule has 3 heterocycles. The van der Waals surface area contributed by atoms with Gasteiger partial charge in [0, 0.05) is 32.2 Å². The second kappa shape index (κ2) is 5.76. The highest BCUT2D eigenvalue weighted by molar-refractivity contribution is 5.71. The number of H-pyrrole nitrogens is 1. The fourth-order valence-electron chi connectivity index (χ4n) is 2.56. The third kappa shape index (κ3) is 2.62. The lowest BCUT2D eigenvalue weighted by molar-refractivity contribution is 0.180. The van der Waals surface area contributed by atoms with E-state index in [0.717, 1.165) is 43.2 Å². The highest BCUT2D eigenvalue weighted by Gasteiger charge is 2.21. The van der Waals surface area contributed by atoms with Crippen LogP contribution in [0.5, 0.6) is 5.88 Å². The Morgan fingerprint density at radius 2 is 2.10 bits per heavy atom. The zero-order chi connectivity index (χ0) is 13.9. The maximum Gasteiger partial charge on any atom is 0.215 e. The molecule has 2 N–H and O–H groups in total. The number of fused-ring (bicyclic) bond motifs is 1. The number of pyridine rings is 1. The fourth-order valence-corrected chi connectivity index (χ4v) is 2.56. The molecule has 2 aromatic rings. The van der Waals surface area contributed by atoms with Crippen LogP contribution in [0, 0.1) is 0 Å². The highest BCUT2D eigenvalue weighted by atomic mass is 16.5. The summed E-state index contributed by atoms with van der Waals surface area (Å²) in [4.78, 5) is 14.8. The summed E-state index contributed by atoms with van der Waals surface area (Å²) in [5.74, 6) is 1.61. The van der Waals surface area contributed by atoms with Gasteiger partial charge in [-0.3, -0.25) is 4.90 Å². The Labute approximate surface area is 118 Å². The molecule has 1 atom stereocenters. The lowest BCUT2D eigenvalue weighted by Gasteiger charge is -2.31. The van der Waals surface area contributed by atoms with E-state index in [2.05, 4.69) is 32.1 Å². The van der Waals surface area contributed by atoms with Crippen LogP contribution in [-0.4, -0.2) is 52.6 Å². The smallest absolute Gasteiger partial charge is 0.215 e. The second-order valence-corrected chi connectivity index (χ2v) is 5.04. The molecule has 0 amide bonds. The third-order valence-corrected chi connectivity index (χ3v) is 3.73. The monoisotopic (exact) mass is 275 g/mol. The van der Waals surface area contributed by atoms with E-state index in [1.54, 1.807) is 0 Å². The van der Waals surface area contributed by atoms with E-state index in [9.17, 15) is 0 Å².